The van der Waals surface area contributed by atoms with E-state index in [0.29, 0.717) is 0 Å². The van der Waals surface area contributed by atoms with Crippen LogP contribution in [0.15, 0.2) is 0 Å². The van der Waals surface area contributed by atoms with Crippen LogP contribution in [0.2, 0.25) is 0 Å². The van der Waals surface area contributed by atoms with Gasteiger partial charge in [0.2, 0.25) is 0 Å². The second kappa shape index (κ2) is 10.0. The summed E-state index contributed by atoms with van der Waals surface area (Å²) in [5.41, 5.74) is 5.39. The Bertz CT molecular complexity index is 96.1. The zero-order chi connectivity index (χ0) is 9.94. The summed E-state index contributed by atoms with van der Waals surface area (Å²) in [5, 5.41) is 9.28. The average molecular weight is 187 g/mol. The molecule has 1 unspecified atom stereocenters. The van der Waals surface area contributed by atoms with Crippen molar-refractivity contribution >= 4 is 0 Å². The van der Waals surface area contributed by atoms with Crippen molar-refractivity contribution < 1.29 is 5.11 Å². The zero-order valence-electron chi connectivity index (χ0n) is 8.97. The van der Waals surface area contributed by atoms with Crippen molar-refractivity contribution in [2.75, 3.05) is 6.54 Å². The highest BCUT2D eigenvalue weighted by molar-refractivity contribution is 4.53. The van der Waals surface area contributed by atoms with E-state index in [4.69, 9.17) is 5.73 Å². The number of nitrogens with two attached hydrogens (primary N) is 1. The Morgan fingerprint density at radius 1 is 1.00 bits per heavy atom. The summed E-state index contributed by atoms with van der Waals surface area (Å²) in [6.07, 6.45) is 9.30. The Morgan fingerprint density at radius 3 is 2.08 bits per heavy atom. The fourth-order valence-electron chi connectivity index (χ4n) is 1.44. The smallest absolute Gasteiger partial charge is 0.0537 e. The van der Waals surface area contributed by atoms with E-state index in [9.17, 15) is 5.11 Å². The van der Waals surface area contributed by atoms with Crippen LogP contribution in [0, 0.1) is 0 Å². The lowest BCUT2D eigenvalue weighted by Crippen LogP contribution is -2.03. The van der Waals surface area contributed by atoms with Crippen molar-refractivity contribution in [1.29, 1.82) is 0 Å². The Balaban J connectivity index is 2.91. The lowest BCUT2D eigenvalue weighted by atomic mass is 10.1. The van der Waals surface area contributed by atoms with E-state index in [2.05, 4.69) is 0 Å². The Hall–Kier alpha value is -0.0800. The van der Waals surface area contributed by atoms with Crippen molar-refractivity contribution in [3.05, 3.63) is 0 Å². The maximum Gasteiger partial charge on any atom is 0.0537 e. The number of hydrogen-bond donors (Lipinski definition) is 2. The highest BCUT2D eigenvalue weighted by atomic mass is 16.3. The van der Waals surface area contributed by atoms with Crippen molar-refractivity contribution in [1.82, 2.24) is 0 Å². The fraction of sp³-hybridized carbons (Fsp3) is 1.00. The first-order valence-corrected chi connectivity index (χ1v) is 5.69. The summed E-state index contributed by atoms with van der Waals surface area (Å²) in [4.78, 5) is 0. The molecule has 1 atom stereocenters. The zero-order valence-corrected chi connectivity index (χ0v) is 8.97. The van der Waals surface area contributed by atoms with E-state index in [1.807, 2.05) is 6.92 Å². The highest BCUT2D eigenvalue weighted by Crippen LogP contribution is 2.09. The van der Waals surface area contributed by atoms with E-state index >= 15 is 0 Å². The van der Waals surface area contributed by atoms with Gasteiger partial charge in [-0.15, -0.1) is 0 Å². The third kappa shape index (κ3) is 9.84. The number of aliphatic hydroxyl groups is 1. The summed E-state index contributed by atoms with van der Waals surface area (Å²) in [7, 11) is 0. The van der Waals surface area contributed by atoms with Crippen LogP contribution in [-0.4, -0.2) is 17.8 Å². The van der Waals surface area contributed by atoms with Crippen molar-refractivity contribution in [3.8, 4) is 0 Å². The molecule has 3 N–H and O–H groups in total. The van der Waals surface area contributed by atoms with Crippen molar-refractivity contribution in [2.24, 2.45) is 5.73 Å². The van der Waals surface area contributed by atoms with Crippen LogP contribution in [-0.2, 0) is 0 Å². The largest absolute Gasteiger partial charge is 0.393 e. The third-order valence-corrected chi connectivity index (χ3v) is 2.46. The summed E-state index contributed by atoms with van der Waals surface area (Å²) in [6.45, 7) is 2.86. The molecule has 0 amide bonds. The molecule has 0 saturated heterocycles. The summed E-state index contributed by atoms with van der Waals surface area (Å²) >= 11 is 0. The van der Waals surface area contributed by atoms with Crippen LogP contribution in [0.3, 0.4) is 0 Å². The lowest BCUT2D eigenvalue weighted by Gasteiger charge is -2.06. The van der Waals surface area contributed by atoms with Crippen LogP contribution in [0.5, 0.6) is 0 Å². The van der Waals surface area contributed by atoms with Gasteiger partial charge in [-0.25, -0.2) is 0 Å². The number of unbranched alkanes of at least 4 members (excludes halogenated alkanes) is 5. The van der Waals surface area contributed by atoms with Gasteiger partial charge in [0, 0.05) is 0 Å². The SMILES string of the molecule is CCC(O)CCCCCCCCN. The molecule has 0 saturated carbocycles. The van der Waals surface area contributed by atoms with Gasteiger partial charge in [-0.05, 0) is 25.8 Å². The normalized spacial score (nSPS) is 13.2. The van der Waals surface area contributed by atoms with E-state index < -0.39 is 0 Å². The van der Waals surface area contributed by atoms with E-state index in [1.54, 1.807) is 0 Å². The maximum absolute atomic E-state index is 9.28. The molecule has 0 radical (unpaired) electrons. The number of aliphatic hydroxyl groups excluding tert-OH is 1. The fourth-order valence-corrected chi connectivity index (χ4v) is 1.44. The molecule has 13 heavy (non-hydrogen) atoms. The van der Waals surface area contributed by atoms with Crippen LogP contribution in [0.1, 0.15) is 58.3 Å². The second-order valence-electron chi connectivity index (χ2n) is 3.76. The van der Waals surface area contributed by atoms with Crippen molar-refractivity contribution in [3.63, 3.8) is 0 Å². The second-order valence-corrected chi connectivity index (χ2v) is 3.76. The molecule has 0 aromatic rings. The molecule has 2 nitrogen and oxygen atoms in total. The van der Waals surface area contributed by atoms with Gasteiger partial charge in [0.1, 0.15) is 0 Å². The predicted octanol–water partition coefficient (Wildman–Crippen LogP) is 2.45. The lowest BCUT2D eigenvalue weighted by molar-refractivity contribution is 0.156. The first-order chi connectivity index (χ1) is 6.31. The standard InChI is InChI=1S/C11H25NO/c1-2-11(13)9-7-5-3-4-6-8-10-12/h11,13H,2-10,12H2,1H3. The topological polar surface area (TPSA) is 46.2 Å². The molecule has 0 aliphatic heterocycles. The summed E-state index contributed by atoms with van der Waals surface area (Å²) in [5.74, 6) is 0. The third-order valence-electron chi connectivity index (χ3n) is 2.46. The predicted molar refractivity (Wildman–Crippen MR) is 57.7 cm³/mol. The van der Waals surface area contributed by atoms with Crippen LogP contribution >= 0.6 is 0 Å². The summed E-state index contributed by atoms with van der Waals surface area (Å²) in [6, 6.07) is 0. The average Bonchev–Trinajstić information content (AvgIpc) is 2.16. The molecule has 0 aromatic heterocycles. The first kappa shape index (κ1) is 12.9. The first-order valence-electron chi connectivity index (χ1n) is 5.69. The van der Waals surface area contributed by atoms with Crippen LogP contribution < -0.4 is 5.73 Å². The van der Waals surface area contributed by atoms with Gasteiger partial charge in [-0.1, -0.05) is 39.0 Å². The Kier molecular flexibility index (Phi) is 9.94. The molecule has 0 fully saturated rings. The molecular formula is C11H25NO. The molecule has 80 valence electrons. The van der Waals surface area contributed by atoms with Gasteiger partial charge < -0.3 is 10.8 Å². The van der Waals surface area contributed by atoms with Crippen molar-refractivity contribution in [2.45, 2.75) is 64.4 Å². The van der Waals surface area contributed by atoms with Crippen LogP contribution in [0.4, 0.5) is 0 Å². The van der Waals surface area contributed by atoms with E-state index in [-0.39, 0.29) is 6.10 Å². The minimum absolute atomic E-state index is 0.0657. The Labute approximate surface area is 82.5 Å². The molecule has 0 bridgehead atoms. The molecule has 0 rings (SSSR count). The highest BCUT2D eigenvalue weighted by Gasteiger charge is 1.99. The van der Waals surface area contributed by atoms with E-state index in [0.717, 1.165) is 25.8 Å². The molecule has 0 aliphatic carbocycles. The number of hydrogen-bond acceptors (Lipinski definition) is 2. The maximum atomic E-state index is 9.28. The van der Waals surface area contributed by atoms with Gasteiger partial charge in [0.05, 0.1) is 6.10 Å². The summed E-state index contributed by atoms with van der Waals surface area (Å²) < 4.78 is 0. The molecule has 2 heteroatoms. The Morgan fingerprint density at radius 2 is 1.54 bits per heavy atom. The molecule has 0 spiro atoms. The minimum Gasteiger partial charge on any atom is -0.393 e. The minimum atomic E-state index is -0.0657. The van der Waals surface area contributed by atoms with Gasteiger partial charge in [0.15, 0.2) is 0 Å². The molecule has 0 aromatic carbocycles. The molecule has 0 heterocycles. The monoisotopic (exact) mass is 187 g/mol. The van der Waals surface area contributed by atoms with Crippen LogP contribution in [0.25, 0.3) is 0 Å². The molecule has 0 aliphatic rings. The van der Waals surface area contributed by atoms with Gasteiger partial charge >= 0.3 is 0 Å². The molecular weight excluding hydrogens is 162 g/mol. The van der Waals surface area contributed by atoms with E-state index in [1.165, 1.54) is 32.1 Å². The quantitative estimate of drug-likeness (QED) is 0.545. The van der Waals surface area contributed by atoms with Gasteiger partial charge in [0.25, 0.3) is 0 Å². The van der Waals surface area contributed by atoms with Gasteiger partial charge in [-0.2, -0.15) is 0 Å². The van der Waals surface area contributed by atoms with Gasteiger partial charge in [-0.3, -0.25) is 0 Å². The number of rotatable bonds is 9.